The summed E-state index contributed by atoms with van der Waals surface area (Å²) in [5, 5.41) is 3.23. The zero-order valence-electron chi connectivity index (χ0n) is 12.8. The van der Waals surface area contributed by atoms with E-state index >= 15 is 0 Å². The van der Waals surface area contributed by atoms with Crippen LogP contribution in [0.1, 0.15) is 12.2 Å². The summed E-state index contributed by atoms with van der Waals surface area (Å²) in [5.74, 6) is -2.02. The largest absolute Gasteiger partial charge is 0.457 e. The van der Waals surface area contributed by atoms with E-state index in [0.29, 0.717) is 11.5 Å². The molecule has 2 atom stereocenters. The molecule has 1 aliphatic rings. The second-order valence-electron chi connectivity index (χ2n) is 5.96. The van der Waals surface area contributed by atoms with Gasteiger partial charge in [-0.1, -0.05) is 12.1 Å². The maximum Gasteiger partial charge on any atom is 0.392 e. The van der Waals surface area contributed by atoms with Crippen molar-refractivity contribution in [2.75, 3.05) is 0 Å². The Morgan fingerprint density at radius 2 is 2.08 bits per heavy atom. The van der Waals surface area contributed by atoms with E-state index in [0.717, 1.165) is 15.2 Å². The Kier molecular flexibility index (Phi) is 3.79. The van der Waals surface area contributed by atoms with Crippen molar-refractivity contribution in [2.24, 2.45) is 11.8 Å². The molecule has 0 spiro atoms. The quantitative estimate of drug-likeness (QED) is 0.746. The Morgan fingerprint density at radius 1 is 1.28 bits per heavy atom. The molecule has 4 rings (SSSR count). The fourth-order valence-electron chi connectivity index (χ4n) is 2.72. The molecule has 4 nitrogen and oxygen atoms in total. The first-order chi connectivity index (χ1) is 11.9. The zero-order chi connectivity index (χ0) is 17.6. The van der Waals surface area contributed by atoms with Crippen LogP contribution in [0.3, 0.4) is 0 Å². The molecule has 0 bridgehead atoms. The highest BCUT2D eigenvalue weighted by molar-refractivity contribution is 7.21. The number of furan rings is 1. The van der Waals surface area contributed by atoms with E-state index in [4.69, 9.17) is 4.42 Å². The van der Waals surface area contributed by atoms with Gasteiger partial charge in [-0.2, -0.15) is 13.2 Å². The molecule has 1 N–H and O–H groups in total. The van der Waals surface area contributed by atoms with Crippen LogP contribution in [0.15, 0.2) is 40.8 Å². The molecule has 2 heterocycles. The van der Waals surface area contributed by atoms with Crippen molar-refractivity contribution in [3.8, 4) is 10.8 Å². The number of fused-ring (bicyclic) bond motifs is 1. The first-order valence-corrected chi connectivity index (χ1v) is 8.52. The van der Waals surface area contributed by atoms with Gasteiger partial charge in [0.1, 0.15) is 5.76 Å². The molecule has 1 aliphatic carbocycles. The van der Waals surface area contributed by atoms with Crippen molar-refractivity contribution >= 4 is 27.5 Å². The molecule has 0 saturated heterocycles. The molecule has 1 aromatic carbocycles. The van der Waals surface area contributed by atoms with Crippen LogP contribution in [0.5, 0.6) is 0 Å². The second kappa shape index (κ2) is 5.87. The Balaban J connectivity index is 1.39. The van der Waals surface area contributed by atoms with Crippen LogP contribution in [0.2, 0.25) is 0 Å². The molecule has 1 saturated carbocycles. The number of amides is 1. The summed E-state index contributed by atoms with van der Waals surface area (Å²) in [6, 6.07) is 11.1. The van der Waals surface area contributed by atoms with Crippen molar-refractivity contribution in [2.45, 2.75) is 19.1 Å². The van der Waals surface area contributed by atoms with Gasteiger partial charge in [0.2, 0.25) is 5.91 Å². The number of benzene rings is 1. The molecule has 0 radical (unpaired) electrons. The molecule has 0 unspecified atom stereocenters. The van der Waals surface area contributed by atoms with Crippen LogP contribution in [0, 0.1) is 11.8 Å². The SMILES string of the molecule is O=C(NCc1ccc(-c2nc3ccccc3s2)o1)[C@@H]1C[C@H]1C(F)(F)F. The van der Waals surface area contributed by atoms with E-state index < -0.39 is 23.9 Å². The summed E-state index contributed by atoms with van der Waals surface area (Å²) in [7, 11) is 0. The molecule has 25 heavy (non-hydrogen) atoms. The van der Waals surface area contributed by atoms with Gasteiger partial charge < -0.3 is 9.73 Å². The summed E-state index contributed by atoms with van der Waals surface area (Å²) >= 11 is 1.49. The maximum atomic E-state index is 12.5. The molecule has 3 aromatic rings. The third-order valence-electron chi connectivity index (χ3n) is 4.15. The van der Waals surface area contributed by atoms with Crippen LogP contribution in [0.25, 0.3) is 21.0 Å². The normalized spacial score (nSPS) is 20.0. The number of rotatable bonds is 4. The minimum atomic E-state index is -4.30. The molecule has 1 fully saturated rings. The van der Waals surface area contributed by atoms with E-state index in [2.05, 4.69) is 10.3 Å². The third kappa shape index (κ3) is 3.26. The van der Waals surface area contributed by atoms with Gasteiger partial charge in [0.25, 0.3) is 0 Å². The Labute approximate surface area is 144 Å². The first kappa shape index (κ1) is 16.1. The number of alkyl halides is 3. The number of thiazole rings is 1. The standard InChI is InChI=1S/C17H13F3N2O2S/c18-17(19,20)11-7-10(11)15(23)21-8-9-5-6-13(24-9)16-22-12-3-1-2-4-14(12)25-16/h1-6,10-11H,7-8H2,(H,21,23)/t10-,11-/m1/s1. The summed E-state index contributed by atoms with van der Waals surface area (Å²) in [5.41, 5.74) is 0.876. The Morgan fingerprint density at radius 3 is 2.80 bits per heavy atom. The summed E-state index contributed by atoms with van der Waals surface area (Å²) in [6.45, 7) is 0.0603. The average molecular weight is 366 g/mol. The molecule has 0 aliphatic heterocycles. The van der Waals surface area contributed by atoms with Gasteiger partial charge in [-0.3, -0.25) is 4.79 Å². The van der Waals surface area contributed by atoms with Crippen LogP contribution in [-0.2, 0) is 11.3 Å². The molecule has 2 aromatic heterocycles. The molecule has 130 valence electrons. The van der Waals surface area contributed by atoms with Gasteiger partial charge in [0.15, 0.2) is 10.8 Å². The van der Waals surface area contributed by atoms with Crippen LogP contribution >= 0.6 is 11.3 Å². The van der Waals surface area contributed by atoms with Crippen molar-refractivity contribution in [1.82, 2.24) is 10.3 Å². The summed E-state index contributed by atoms with van der Waals surface area (Å²) in [6.07, 6.45) is -4.43. The van der Waals surface area contributed by atoms with Crippen LogP contribution < -0.4 is 5.32 Å². The van der Waals surface area contributed by atoms with E-state index in [-0.39, 0.29) is 13.0 Å². The lowest BCUT2D eigenvalue weighted by Crippen LogP contribution is -2.27. The fourth-order valence-corrected chi connectivity index (χ4v) is 3.64. The van der Waals surface area contributed by atoms with E-state index in [1.807, 2.05) is 24.3 Å². The second-order valence-corrected chi connectivity index (χ2v) is 6.99. The predicted molar refractivity (Wildman–Crippen MR) is 86.8 cm³/mol. The van der Waals surface area contributed by atoms with Crippen LogP contribution in [0.4, 0.5) is 13.2 Å². The molecular formula is C17H13F3N2O2S. The maximum absolute atomic E-state index is 12.5. The van der Waals surface area contributed by atoms with Crippen molar-refractivity contribution in [3.63, 3.8) is 0 Å². The lowest BCUT2D eigenvalue weighted by Gasteiger charge is -2.05. The number of halogens is 3. The van der Waals surface area contributed by atoms with Gasteiger partial charge in [0, 0.05) is 0 Å². The van der Waals surface area contributed by atoms with Crippen molar-refractivity contribution < 1.29 is 22.4 Å². The van der Waals surface area contributed by atoms with Crippen molar-refractivity contribution in [3.05, 3.63) is 42.2 Å². The lowest BCUT2D eigenvalue weighted by atomic mass is 10.3. The van der Waals surface area contributed by atoms with Crippen molar-refractivity contribution in [1.29, 1.82) is 0 Å². The molecule has 1 amide bonds. The number of hydrogen-bond donors (Lipinski definition) is 1. The monoisotopic (exact) mass is 366 g/mol. The number of para-hydroxylation sites is 1. The minimum Gasteiger partial charge on any atom is -0.457 e. The van der Waals surface area contributed by atoms with Crippen LogP contribution in [-0.4, -0.2) is 17.1 Å². The molecule has 8 heteroatoms. The average Bonchev–Trinajstić information content (AvgIpc) is 3.07. The van der Waals surface area contributed by atoms with E-state index in [1.165, 1.54) is 11.3 Å². The number of nitrogens with zero attached hydrogens (tertiary/aromatic N) is 1. The first-order valence-electron chi connectivity index (χ1n) is 7.71. The predicted octanol–water partition coefficient (Wildman–Crippen LogP) is 4.37. The third-order valence-corrected chi connectivity index (χ3v) is 5.20. The highest BCUT2D eigenvalue weighted by Gasteiger charge is 2.58. The Hall–Kier alpha value is -2.35. The number of hydrogen-bond acceptors (Lipinski definition) is 4. The number of carbonyl (C=O) groups is 1. The molecular weight excluding hydrogens is 353 g/mol. The topological polar surface area (TPSA) is 55.1 Å². The number of carbonyl (C=O) groups excluding carboxylic acids is 1. The number of aromatic nitrogens is 1. The summed E-state index contributed by atoms with van der Waals surface area (Å²) < 4.78 is 44.2. The summed E-state index contributed by atoms with van der Waals surface area (Å²) in [4.78, 5) is 16.2. The minimum absolute atomic E-state index is 0.0603. The van der Waals surface area contributed by atoms with Gasteiger partial charge in [-0.05, 0) is 30.7 Å². The fraction of sp³-hybridized carbons (Fsp3) is 0.294. The van der Waals surface area contributed by atoms with E-state index in [9.17, 15) is 18.0 Å². The lowest BCUT2D eigenvalue weighted by molar-refractivity contribution is -0.154. The van der Waals surface area contributed by atoms with Gasteiger partial charge in [0.05, 0.1) is 28.6 Å². The van der Waals surface area contributed by atoms with Gasteiger partial charge >= 0.3 is 6.18 Å². The van der Waals surface area contributed by atoms with Gasteiger partial charge in [-0.25, -0.2) is 4.98 Å². The van der Waals surface area contributed by atoms with E-state index in [1.54, 1.807) is 12.1 Å². The number of nitrogens with one attached hydrogen (secondary N) is 1. The smallest absolute Gasteiger partial charge is 0.392 e. The van der Waals surface area contributed by atoms with Gasteiger partial charge in [-0.15, -0.1) is 11.3 Å². The zero-order valence-corrected chi connectivity index (χ0v) is 13.7. The highest BCUT2D eigenvalue weighted by atomic mass is 32.1. The highest BCUT2D eigenvalue weighted by Crippen LogP contribution is 2.50. The Bertz CT molecular complexity index is 898.